The van der Waals surface area contributed by atoms with Crippen molar-refractivity contribution in [2.24, 2.45) is 0 Å². The highest BCUT2D eigenvalue weighted by molar-refractivity contribution is 5.36. The van der Waals surface area contributed by atoms with E-state index < -0.39 is 0 Å². The number of hydrogen-bond donors (Lipinski definition) is 1. The molecule has 1 heterocycles. The normalized spacial score (nSPS) is 19.7. The van der Waals surface area contributed by atoms with Gasteiger partial charge in [0.25, 0.3) is 0 Å². The lowest BCUT2D eigenvalue weighted by Gasteiger charge is -2.36. The standard InChI is InChI=1S/C17H24N2O/c1-18(2)17-6-3-11-19(14-17)13-16-9-7-15(8-10-16)5-4-12-20/h7-10,17,20H,3,6,11-14H2,1-2H3. The SMILES string of the molecule is CN(C)C1CCCN(Cc2ccc(C#CCO)cc2)C1. The molecule has 3 nitrogen and oxygen atoms in total. The van der Waals surface area contributed by atoms with Crippen molar-refractivity contribution in [2.75, 3.05) is 33.8 Å². The average molecular weight is 272 g/mol. The Morgan fingerprint density at radius 1 is 1.30 bits per heavy atom. The Bertz CT molecular complexity index is 470. The first-order valence-corrected chi connectivity index (χ1v) is 7.26. The molecule has 1 unspecified atom stereocenters. The van der Waals surface area contributed by atoms with Gasteiger partial charge in [-0.1, -0.05) is 24.0 Å². The van der Waals surface area contributed by atoms with Gasteiger partial charge in [-0.15, -0.1) is 0 Å². The lowest BCUT2D eigenvalue weighted by molar-refractivity contribution is 0.128. The lowest BCUT2D eigenvalue weighted by Crippen LogP contribution is -2.44. The Morgan fingerprint density at radius 3 is 2.70 bits per heavy atom. The van der Waals surface area contributed by atoms with Gasteiger partial charge in [0, 0.05) is 24.7 Å². The molecule has 0 spiro atoms. The summed E-state index contributed by atoms with van der Waals surface area (Å²) in [7, 11) is 4.34. The lowest BCUT2D eigenvalue weighted by atomic mass is 10.0. The van der Waals surface area contributed by atoms with E-state index in [0.29, 0.717) is 6.04 Å². The van der Waals surface area contributed by atoms with Crippen LogP contribution in [0.3, 0.4) is 0 Å². The first-order valence-electron chi connectivity index (χ1n) is 7.26. The molecule has 1 aromatic rings. The van der Waals surface area contributed by atoms with E-state index in [1.165, 1.54) is 24.9 Å². The number of likely N-dealkylation sites (tertiary alicyclic amines) is 1. The number of likely N-dealkylation sites (N-methyl/N-ethyl adjacent to an activating group) is 1. The maximum absolute atomic E-state index is 8.68. The number of nitrogens with zero attached hydrogens (tertiary/aromatic N) is 2. The van der Waals surface area contributed by atoms with E-state index in [9.17, 15) is 0 Å². The molecule has 2 rings (SSSR count). The van der Waals surface area contributed by atoms with Crippen molar-refractivity contribution in [1.82, 2.24) is 9.80 Å². The topological polar surface area (TPSA) is 26.7 Å². The molecule has 0 amide bonds. The van der Waals surface area contributed by atoms with Gasteiger partial charge in [0.1, 0.15) is 6.61 Å². The van der Waals surface area contributed by atoms with E-state index in [-0.39, 0.29) is 6.61 Å². The summed E-state index contributed by atoms with van der Waals surface area (Å²) in [5.74, 6) is 5.60. The molecular weight excluding hydrogens is 248 g/mol. The molecule has 0 bridgehead atoms. The zero-order valence-electron chi connectivity index (χ0n) is 12.5. The van der Waals surface area contributed by atoms with Gasteiger partial charge < -0.3 is 10.0 Å². The third kappa shape index (κ3) is 4.35. The average Bonchev–Trinajstić information content (AvgIpc) is 2.47. The van der Waals surface area contributed by atoms with Crippen LogP contribution in [-0.4, -0.2) is 54.7 Å². The Hall–Kier alpha value is -1.34. The van der Waals surface area contributed by atoms with Crippen LogP contribution in [0.5, 0.6) is 0 Å². The Kier molecular flexibility index (Phi) is 5.60. The Morgan fingerprint density at radius 2 is 2.05 bits per heavy atom. The third-order valence-corrected chi connectivity index (χ3v) is 3.88. The van der Waals surface area contributed by atoms with E-state index in [0.717, 1.165) is 18.7 Å². The first kappa shape index (κ1) is 15.1. The first-order chi connectivity index (χ1) is 9.69. The molecule has 1 N–H and O–H groups in total. The summed E-state index contributed by atoms with van der Waals surface area (Å²) in [6, 6.07) is 9.02. The van der Waals surface area contributed by atoms with Gasteiger partial charge >= 0.3 is 0 Å². The molecule has 1 atom stereocenters. The highest BCUT2D eigenvalue weighted by Crippen LogP contribution is 2.16. The van der Waals surface area contributed by atoms with E-state index in [1.54, 1.807) is 0 Å². The fourth-order valence-electron chi connectivity index (χ4n) is 2.69. The second kappa shape index (κ2) is 7.44. The van der Waals surface area contributed by atoms with Crippen LogP contribution in [0.4, 0.5) is 0 Å². The molecule has 1 aliphatic heterocycles. The molecule has 108 valence electrons. The number of rotatable bonds is 3. The zero-order valence-corrected chi connectivity index (χ0v) is 12.5. The Labute approximate surface area is 122 Å². The number of aliphatic hydroxyl groups is 1. The monoisotopic (exact) mass is 272 g/mol. The smallest absolute Gasteiger partial charge is 0.104 e. The third-order valence-electron chi connectivity index (χ3n) is 3.88. The quantitative estimate of drug-likeness (QED) is 0.846. The molecule has 0 aliphatic carbocycles. The van der Waals surface area contributed by atoms with Crippen LogP contribution in [0.15, 0.2) is 24.3 Å². The molecule has 1 saturated heterocycles. The van der Waals surface area contributed by atoms with Crippen LogP contribution in [0.2, 0.25) is 0 Å². The maximum atomic E-state index is 8.68. The van der Waals surface area contributed by atoms with E-state index in [2.05, 4.69) is 47.9 Å². The minimum atomic E-state index is -0.0819. The van der Waals surface area contributed by atoms with Gasteiger partial charge in [0.05, 0.1) is 0 Å². The van der Waals surface area contributed by atoms with Crippen molar-refractivity contribution >= 4 is 0 Å². The predicted octanol–water partition coefficient (Wildman–Crippen LogP) is 1.56. The number of benzene rings is 1. The van der Waals surface area contributed by atoms with Crippen LogP contribution < -0.4 is 0 Å². The summed E-state index contributed by atoms with van der Waals surface area (Å²) < 4.78 is 0. The molecule has 0 saturated carbocycles. The Balaban J connectivity index is 1.92. The molecule has 1 aliphatic rings. The molecular formula is C17H24N2O. The van der Waals surface area contributed by atoms with Crippen molar-refractivity contribution in [3.63, 3.8) is 0 Å². The van der Waals surface area contributed by atoms with Gasteiger partial charge in [-0.25, -0.2) is 0 Å². The van der Waals surface area contributed by atoms with Crippen LogP contribution in [0, 0.1) is 11.8 Å². The summed E-state index contributed by atoms with van der Waals surface area (Å²) >= 11 is 0. The van der Waals surface area contributed by atoms with Gasteiger partial charge in [0.15, 0.2) is 0 Å². The maximum Gasteiger partial charge on any atom is 0.104 e. The molecule has 0 aromatic heterocycles. The molecule has 20 heavy (non-hydrogen) atoms. The van der Waals surface area contributed by atoms with Gasteiger partial charge in [-0.2, -0.15) is 0 Å². The minimum absolute atomic E-state index is 0.0819. The van der Waals surface area contributed by atoms with E-state index in [1.807, 2.05) is 12.1 Å². The number of aliphatic hydroxyl groups excluding tert-OH is 1. The van der Waals surface area contributed by atoms with Crippen molar-refractivity contribution in [2.45, 2.75) is 25.4 Å². The van der Waals surface area contributed by atoms with Crippen LogP contribution in [-0.2, 0) is 6.54 Å². The van der Waals surface area contributed by atoms with Crippen LogP contribution in [0.1, 0.15) is 24.0 Å². The van der Waals surface area contributed by atoms with Crippen molar-refractivity contribution in [1.29, 1.82) is 0 Å². The highest BCUT2D eigenvalue weighted by Gasteiger charge is 2.21. The van der Waals surface area contributed by atoms with Crippen LogP contribution in [0.25, 0.3) is 0 Å². The van der Waals surface area contributed by atoms with E-state index >= 15 is 0 Å². The predicted molar refractivity (Wildman–Crippen MR) is 82.4 cm³/mol. The van der Waals surface area contributed by atoms with E-state index in [4.69, 9.17) is 5.11 Å². The van der Waals surface area contributed by atoms with Gasteiger partial charge in [0.2, 0.25) is 0 Å². The molecule has 1 fully saturated rings. The fraction of sp³-hybridized carbons (Fsp3) is 0.529. The van der Waals surface area contributed by atoms with Crippen molar-refractivity contribution in [3.8, 4) is 11.8 Å². The summed E-state index contributed by atoms with van der Waals surface area (Å²) in [6.07, 6.45) is 2.59. The van der Waals surface area contributed by atoms with Crippen molar-refractivity contribution < 1.29 is 5.11 Å². The second-order valence-electron chi connectivity index (χ2n) is 5.65. The van der Waals surface area contributed by atoms with Crippen LogP contribution >= 0.6 is 0 Å². The molecule has 0 radical (unpaired) electrons. The fourth-order valence-corrected chi connectivity index (χ4v) is 2.69. The largest absolute Gasteiger partial charge is 0.384 e. The number of piperidine rings is 1. The number of hydrogen-bond acceptors (Lipinski definition) is 3. The van der Waals surface area contributed by atoms with Gasteiger partial charge in [-0.3, -0.25) is 4.90 Å². The summed E-state index contributed by atoms with van der Waals surface area (Å²) in [6.45, 7) is 3.27. The highest BCUT2D eigenvalue weighted by atomic mass is 16.2. The summed E-state index contributed by atoms with van der Waals surface area (Å²) in [5.41, 5.74) is 2.30. The summed E-state index contributed by atoms with van der Waals surface area (Å²) in [4.78, 5) is 4.86. The molecule has 3 heteroatoms. The van der Waals surface area contributed by atoms with Crippen molar-refractivity contribution in [3.05, 3.63) is 35.4 Å². The zero-order chi connectivity index (χ0) is 14.4. The molecule has 1 aromatic carbocycles. The minimum Gasteiger partial charge on any atom is -0.384 e. The second-order valence-corrected chi connectivity index (χ2v) is 5.65. The van der Waals surface area contributed by atoms with Gasteiger partial charge in [-0.05, 0) is 51.2 Å². The summed E-state index contributed by atoms with van der Waals surface area (Å²) in [5, 5.41) is 8.68.